The van der Waals surface area contributed by atoms with Gasteiger partial charge >= 0.3 is 5.97 Å². The molecule has 7 heteroatoms. The van der Waals surface area contributed by atoms with E-state index in [2.05, 4.69) is 5.32 Å². The van der Waals surface area contributed by atoms with Crippen LogP contribution >= 0.6 is 0 Å². The summed E-state index contributed by atoms with van der Waals surface area (Å²) in [5, 5.41) is 12.6. The number of carboxylic acids is 1. The summed E-state index contributed by atoms with van der Waals surface area (Å²) < 4.78 is 11.1. The quantitative estimate of drug-likeness (QED) is 0.622. The molecule has 0 saturated carbocycles. The zero-order chi connectivity index (χ0) is 21.5. The van der Waals surface area contributed by atoms with Crippen LogP contribution in [0.3, 0.4) is 0 Å². The molecule has 2 atom stereocenters. The average Bonchev–Trinajstić information content (AvgIpc) is 2.75. The van der Waals surface area contributed by atoms with Crippen molar-refractivity contribution in [2.75, 3.05) is 25.1 Å². The van der Waals surface area contributed by atoms with Crippen LogP contribution in [0.25, 0.3) is 0 Å². The molecule has 1 heterocycles. The molecule has 2 aromatic carbocycles. The number of nitrogens with zero attached hydrogens (tertiary/aromatic N) is 1. The zero-order valence-corrected chi connectivity index (χ0v) is 17.3. The number of hydrogen-bond donors (Lipinski definition) is 2. The maximum absolute atomic E-state index is 12.9. The number of fused-ring (bicyclic) bond motifs is 1. The molecule has 3 rings (SSSR count). The number of carbonyl (C=O) groups is 2. The Hall–Kier alpha value is -3.06. The van der Waals surface area contributed by atoms with Crippen molar-refractivity contribution in [1.29, 1.82) is 0 Å². The van der Waals surface area contributed by atoms with Gasteiger partial charge in [0.05, 0.1) is 12.1 Å². The van der Waals surface area contributed by atoms with Crippen LogP contribution in [0.15, 0.2) is 48.5 Å². The van der Waals surface area contributed by atoms with Crippen LogP contribution in [-0.2, 0) is 16.0 Å². The summed E-state index contributed by atoms with van der Waals surface area (Å²) in [6, 6.07) is 14.8. The Bertz CT molecular complexity index is 868. The number of carboxylic acid groups (broad SMARTS) is 1. The standard InChI is InChI=1S/C23H28N2O5/c1-3-21-24-19-8-6-5-7-18(19)22(26)25(21)13-14-30-17-11-9-16(10-12-17)15-20(23(27)28)29-4-2/h5-12,20-21,24H,3-4,13-15H2,1-2H3,(H,27,28). The van der Waals surface area contributed by atoms with E-state index in [0.29, 0.717) is 37.5 Å². The third kappa shape index (κ3) is 5.10. The van der Waals surface area contributed by atoms with E-state index in [-0.39, 0.29) is 12.1 Å². The molecular formula is C23H28N2O5. The first-order valence-corrected chi connectivity index (χ1v) is 10.3. The van der Waals surface area contributed by atoms with Crippen LogP contribution in [0.1, 0.15) is 36.2 Å². The second-order valence-electron chi connectivity index (χ2n) is 7.09. The second-order valence-corrected chi connectivity index (χ2v) is 7.09. The van der Waals surface area contributed by atoms with Gasteiger partial charge in [-0.05, 0) is 43.2 Å². The first kappa shape index (κ1) is 21.6. The third-order valence-electron chi connectivity index (χ3n) is 5.09. The molecule has 30 heavy (non-hydrogen) atoms. The highest BCUT2D eigenvalue weighted by Crippen LogP contribution is 2.26. The molecule has 2 unspecified atom stereocenters. The smallest absolute Gasteiger partial charge is 0.333 e. The predicted molar refractivity (Wildman–Crippen MR) is 114 cm³/mol. The molecule has 1 amide bonds. The van der Waals surface area contributed by atoms with Crippen molar-refractivity contribution in [2.24, 2.45) is 0 Å². The van der Waals surface area contributed by atoms with Crippen LogP contribution in [0.4, 0.5) is 5.69 Å². The van der Waals surface area contributed by atoms with E-state index in [1.165, 1.54) is 0 Å². The lowest BCUT2D eigenvalue weighted by Crippen LogP contribution is -2.49. The van der Waals surface area contributed by atoms with Crippen molar-refractivity contribution in [3.8, 4) is 5.75 Å². The number of nitrogens with one attached hydrogen (secondary N) is 1. The lowest BCUT2D eigenvalue weighted by atomic mass is 10.1. The number of benzene rings is 2. The molecule has 0 spiro atoms. The van der Waals surface area contributed by atoms with Gasteiger partial charge in [0, 0.05) is 18.7 Å². The van der Waals surface area contributed by atoms with Gasteiger partial charge in [0.2, 0.25) is 0 Å². The summed E-state index contributed by atoms with van der Waals surface area (Å²) in [7, 11) is 0. The number of anilines is 1. The maximum atomic E-state index is 12.9. The van der Waals surface area contributed by atoms with Crippen molar-refractivity contribution in [1.82, 2.24) is 4.90 Å². The van der Waals surface area contributed by atoms with Crippen molar-refractivity contribution in [3.63, 3.8) is 0 Å². The zero-order valence-electron chi connectivity index (χ0n) is 17.3. The Labute approximate surface area is 176 Å². The first-order valence-electron chi connectivity index (χ1n) is 10.3. The largest absolute Gasteiger partial charge is 0.492 e. The van der Waals surface area contributed by atoms with Gasteiger partial charge in [-0.3, -0.25) is 4.79 Å². The van der Waals surface area contributed by atoms with Crippen molar-refractivity contribution >= 4 is 17.6 Å². The number of amides is 1. The number of rotatable bonds is 10. The van der Waals surface area contributed by atoms with E-state index < -0.39 is 12.1 Å². The monoisotopic (exact) mass is 412 g/mol. The number of carbonyl (C=O) groups excluding carboxylic acids is 1. The molecule has 0 saturated heterocycles. The molecule has 0 aromatic heterocycles. The molecule has 160 valence electrons. The van der Waals surface area contributed by atoms with Crippen molar-refractivity contribution in [3.05, 3.63) is 59.7 Å². The van der Waals surface area contributed by atoms with Gasteiger partial charge in [-0.1, -0.05) is 31.2 Å². The Morgan fingerprint density at radius 1 is 1.17 bits per heavy atom. The highest BCUT2D eigenvalue weighted by atomic mass is 16.5. The van der Waals surface area contributed by atoms with Gasteiger partial charge in [-0.15, -0.1) is 0 Å². The Kier molecular flexibility index (Phi) is 7.30. The molecule has 1 aliphatic heterocycles. The summed E-state index contributed by atoms with van der Waals surface area (Å²) in [6.45, 7) is 4.99. The van der Waals surface area contributed by atoms with E-state index in [4.69, 9.17) is 9.47 Å². The van der Waals surface area contributed by atoms with Gasteiger partial charge < -0.3 is 24.8 Å². The van der Waals surface area contributed by atoms with E-state index in [1.807, 2.05) is 55.5 Å². The molecule has 0 fully saturated rings. The van der Waals surface area contributed by atoms with E-state index in [1.54, 1.807) is 11.8 Å². The van der Waals surface area contributed by atoms with Crippen LogP contribution in [0.5, 0.6) is 5.75 Å². The van der Waals surface area contributed by atoms with Crippen LogP contribution in [0.2, 0.25) is 0 Å². The van der Waals surface area contributed by atoms with Crippen LogP contribution in [-0.4, -0.2) is 53.9 Å². The minimum Gasteiger partial charge on any atom is -0.492 e. The molecule has 7 nitrogen and oxygen atoms in total. The molecule has 1 aliphatic rings. The summed E-state index contributed by atoms with van der Waals surface area (Å²) in [5.41, 5.74) is 2.41. The topological polar surface area (TPSA) is 88.1 Å². The molecule has 2 aromatic rings. The summed E-state index contributed by atoms with van der Waals surface area (Å²) in [5.74, 6) is -0.289. The Morgan fingerprint density at radius 2 is 1.90 bits per heavy atom. The van der Waals surface area contributed by atoms with Crippen molar-refractivity contribution < 1.29 is 24.2 Å². The van der Waals surface area contributed by atoms with Gasteiger partial charge in [0.25, 0.3) is 5.91 Å². The van der Waals surface area contributed by atoms with E-state index in [9.17, 15) is 14.7 Å². The number of para-hydroxylation sites is 1. The van der Waals surface area contributed by atoms with Gasteiger partial charge in [-0.25, -0.2) is 4.79 Å². The lowest BCUT2D eigenvalue weighted by molar-refractivity contribution is -0.149. The molecule has 2 N–H and O–H groups in total. The Balaban J connectivity index is 1.56. The van der Waals surface area contributed by atoms with E-state index in [0.717, 1.165) is 17.7 Å². The third-order valence-corrected chi connectivity index (χ3v) is 5.09. The van der Waals surface area contributed by atoms with Crippen molar-refractivity contribution in [2.45, 2.75) is 39.0 Å². The minimum atomic E-state index is -0.968. The predicted octanol–water partition coefficient (Wildman–Crippen LogP) is 3.40. The Morgan fingerprint density at radius 3 is 2.57 bits per heavy atom. The van der Waals surface area contributed by atoms with Crippen LogP contribution in [0, 0.1) is 0 Å². The molecule has 0 aliphatic carbocycles. The lowest BCUT2D eigenvalue weighted by Gasteiger charge is -2.37. The number of ether oxygens (including phenoxy) is 2. The fourth-order valence-corrected chi connectivity index (χ4v) is 3.55. The SMILES string of the molecule is CCOC(Cc1ccc(OCCN2C(=O)c3ccccc3NC2CC)cc1)C(=O)O. The van der Waals surface area contributed by atoms with Gasteiger partial charge in [0.15, 0.2) is 6.10 Å². The fraction of sp³-hybridized carbons (Fsp3) is 0.391. The maximum Gasteiger partial charge on any atom is 0.333 e. The van der Waals surface area contributed by atoms with Gasteiger partial charge in [0.1, 0.15) is 18.5 Å². The number of aliphatic carboxylic acids is 1. The highest BCUT2D eigenvalue weighted by molar-refractivity contribution is 6.01. The van der Waals surface area contributed by atoms with Gasteiger partial charge in [-0.2, -0.15) is 0 Å². The molecule has 0 radical (unpaired) electrons. The molecular weight excluding hydrogens is 384 g/mol. The summed E-state index contributed by atoms with van der Waals surface area (Å²) in [4.78, 5) is 25.9. The summed E-state index contributed by atoms with van der Waals surface area (Å²) in [6.07, 6.45) is 0.173. The average molecular weight is 412 g/mol. The normalized spacial score (nSPS) is 16.5. The summed E-state index contributed by atoms with van der Waals surface area (Å²) >= 11 is 0. The number of hydrogen-bond acceptors (Lipinski definition) is 5. The van der Waals surface area contributed by atoms with Crippen LogP contribution < -0.4 is 10.1 Å². The fourth-order valence-electron chi connectivity index (χ4n) is 3.55. The second kappa shape index (κ2) is 10.1. The van der Waals surface area contributed by atoms with E-state index >= 15 is 0 Å². The minimum absolute atomic E-state index is 0.00536. The highest BCUT2D eigenvalue weighted by Gasteiger charge is 2.30. The first-order chi connectivity index (χ1) is 14.5. The molecule has 0 bridgehead atoms.